The Morgan fingerprint density at radius 1 is 0.852 bits per heavy atom. The van der Waals surface area contributed by atoms with Crippen LogP contribution in [0.1, 0.15) is 48.4 Å². The van der Waals surface area contributed by atoms with Gasteiger partial charge in [0.25, 0.3) is 0 Å². The predicted molar refractivity (Wildman–Crippen MR) is 217 cm³/mol. The lowest BCUT2D eigenvalue weighted by Gasteiger charge is -2.40. The van der Waals surface area contributed by atoms with E-state index in [1.54, 1.807) is 41.7 Å². The van der Waals surface area contributed by atoms with Gasteiger partial charge >= 0.3 is 0 Å². The molecule has 1 saturated heterocycles. The van der Waals surface area contributed by atoms with E-state index in [2.05, 4.69) is 58.4 Å². The van der Waals surface area contributed by atoms with Crippen molar-refractivity contribution in [3.63, 3.8) is 0 Å². The molecule has 2 heterocycles. The average Bonchev–Trinajstić information content (AvgIpc) is 3.69. The van der Waals surface area contributed by atoms with E-state index in [0.29, 0.717) is 23.3 Å². The maximum Gasteiger partial charge on any atom is 0.203 e. The Balaban J connectivity index is 1.20. The third-order valence-corrected chi connectivity index (χ3v) is 10.6. The first kappa shape index (κ1) is 38.4. The molecule has 3 aromatic carbocycles. The van der Waals surface area contributed by atoms with Crippen molar-refractivity contribution in [2.75, 3.05) is 65.4 Å². The fourth-order valence-corrected chi connectivity index (χ4v) is 7.81. The molecule has 0 saturated carbocycles. The first-order chi connectivity index (χ1) is 26.4. The van der Waals surface area contributed by atoms with E-state index in [9.17, 15) is 0 Å². The number of nitrogens with two attached hydrogens (primary N) is 1. The number of hydrogen-bond donors (Lipinski definition) is 2. The molecule has 0 atom stereocenters. The zero-order valence-electron chi connectivity index (χ0n) is 32.6. The maximum absolute atomic E-state index is 5.91. The highest BCUT2D eigenvalue weighted by Gasteiger charge is 2.27. The summed E-state index contributed by atoms with van der Waals surface area (Å²) in [6.45, 7) is 5.64. The molecular formula is C44H55N5O5. The lowest BCUT2D eigenvalue weighted by Crippen LogP contribution is -2.45. The lowest BCUT2D eigenvalue weighted by atomic mass is 9.99. The van der Waals surface area contributed by atoms with Crippen molar-refractivity contribution in [3.8, 4) is 40.0 Å². The summed E-state index contributed by atoms with van der Waals surface area (Å²) in [7, 11) is 8.21. The van der Waals surface area contributed by atoms with Gasteiger partial charge in [-0.05, 0) is 115 Å². The molecule has 1 aliphatic heterocycles. The van der Waals surface area contributed by atoms with Gasteiger partial charge in [0.2, 0.25) is 5.75 Å². The smallest absolute Gasteiger partial charge is 0.203 e. The van der Waals surface area contributed by atoms with Gasteiger partial charge < -0.3 is 39.6 Å². The molecule has 6 rings (SSSR count). The molecule has 2 aliphatic rings. The molecule has 3 N–H and O–H groups in total. The molecule has 1 aromatic heterocycles. The summed E-state index contributed by atoms with van der Waals surface area (Å²) in [6, 6.07) is 19.9. The van der Waals surface area contributed by atoms with Gasteiger partial charge in [0.1, 0.15) is 0 Å². The number of benzene rings is 3. The summed E-state index contributed by atoms with van der Waals surface area (Å²) in [5.74, 6) is 3.25. The topological polar surface area (TPSA) is 104 Å². The molecule has 0 bridgehead atoms. The van der Waals surface area contributed by atoms with Crippen molar-refractivity contribution in [1.29, 1.82) is 0 Å². The Morgan fingerprint density at radius 2 is 1.56 bits per heavy atom. The van der Waals surface area contributed by atoms with Gasteiger partial charge in [-0.15, -0.1) is 0 Å². The minimum atomic E-state index is 0.389. The SMILES string of the molecule is CCc1cc(-c2cc(CN(c3ccc4c(c3)CCC4)C3CCN(CC(/C=C\N)=C/Nc4cc(OC)c(OC)c(OC)c4)CC3)ccn2)cc(OC)c1OC. The first-order valence-electron chi connectivity index (χ1n) is 18.9. The summed E-state index contributed by atoms with van der Waals surface area (Å²) < 4.78 is 28.0. The van der Waals surface area contributed by atoms with Gasteiger partial charge in [-0.1, -0.05) is 13.0 Å². The third-order valence-electron chi connectivity index (χ3n) is 10.6. The van der Waals surface area contributed by atoms with Crippen molar-refractivity contribution in [3.05, 3.63) is 107 Å². The molecule has 1 fully saturated rings. The van der Waals surface area contributed by atoms with Gasteiger partial charge in [0.05, 0.1) is 41.2 Å². The van der Waals surface area contributed by atoms with Crippen molar-refractivity contribution >= 4 is 11.4 Å². The standard InChI is InChI=1S/C44H55N5O5/c1-7-32-22-35(24-40(50-2)43(32)53-5)39-21-30(14-18-46-39)29-49(38-12-11-33-9-8-10-34(33)23-38)37-15-19-48(20-16-37)28-31(13-17-45)27-47-36-25-41(51-3)44(54-6)42(26-36)52-4/h11-14,17-18,21-27,37,47H,7-10,15-16,19-20,28-29,45H2,1-6H3/b17-13-,31-27+. The molecule has 0 amide bonds. The van der Waals surface area contributed by atoms with Gasteiger partial charge in [0, 0.05) is 73.7 Å². The normalized spacial score (nSPS) is 14.9. The van der Waals surface area contributed by atoms with E-state index in [-0.39, 0.29) is 0 Å². The number of rotatable bonds is 16. The van der Waals surface area contributed by atoms with Gasteiger partial charge in [-0.25, -0.2) is 0 Å². The van der Waals surface area contributed by atoms with Crippen LogP contribution in [0.25, 0.3) is 11.3 Å². The largest absolute Gasteiger partial charge is 0.493 e. The van der Waals surface area contributed by atoms with Crippen molar-refractivity contribution in [2.45, 2.75) is 58.0 Å². The molecule has 10 nitrogen and oxygen atoms in total. The highest BCUT2D eigenvalue weighted by molar-refractivity contribution is 5.67. The molecule has 10 heteroatoms. The molecule has 0 unspecified atom stereocenters. The van der Waals surface area contributed by atoms with Crippen molar-refractivity contribution in [1.82, 2.24) is 9.88 Å². The van der Waals surface area contributed by atoms with Gasteiger partial charge in [-0.2, -0.15) is 0 Å². The summed E-state index contributed by atoms with van der Waals surface area (Å²) in [4.78, 5) is 9.94. The van der Waals surface area contributed by atoms with Crippen molar-refractivity contribution in [2.24, 2.45) is 5.73 Å². The number of piperidine rings is 1. The summed E-state index contributed by atoms with van der Waals surface area (Å²) in [5, 5.41) is 3.41. The highest BCUT2D eigenvalue weighted by atomic mass is 16.5. The zero-order valence-corrected chi connectivity index (χ0v) is 32.6. The number of likely N-dealkylation sites (tertiary alicyclic amines) is 1. The highest BCUT2D eigenvalue weighted by Crippen LogP contribution is 2.40. The van der Waals surface area contributed by atoms with E-state index in [1.807, 2.05) is 36.7 Å². The number of hydrogen-bond acceptors (Lipinski definition) is 10. The Hall–Kier alpha value is -5.35. The molecule has 54 heavy (non-hydrogen) atoms. The third kappa shape index (κ3) is 8.71. The minimum absolute atomic E-state index is 0.389. The van der Waals surface area contributed by atoms with Crippen LogP contribution in [-0.4, -0.2) is 71.1 Å². The van der Waals surface area contributed by atoms with Crippen LogP contribution in [0.4, 0.5) is 11.4 Å². The van der Waals surface area contributed by atoms with Crippen LogP contribution in [0.3, 0.4) is 0 Å². The zero-order chi connectivity index (χ0) is 38.0. The van der Waals surface area contributed by atoms with Gasteiger partial charge in [0.15, 0.2) is 23.0 Å². The number of nitrogens with zero attached hydrogens (tertiary/aromatic N) is 3. The van der Waals surface area contributed by atoms with E-state index >= 15 is 0 Å². The van der Waals surface area contributed by atoms with Gasteiger partial charge in [-0.3, -0.25) is 9.88 Å². The monoisotopic (exact) mass is 733 g/mol. The fourth-order valence-electron chi connectivity index (χ4n) is 7.81. The lowest BCUT2D eigenvalue weighted by molar-refractivity contribution is 0.224. The predicted octanol–water partition coefficient (Wildman–Crippen LogP) is 7.78. The Bertz CT molecular complexity index is 1900. The second-order valence-electron chi connectivity index (χ2n) is 13.9. The number of pyridine rings is 1. The summed E-state index contributed by atoms with van der Waals surface area (Å²) in [5.41, 5.74) is 16.4. The van der Waals surface area contributed by atoms with Crippen LogP contribution in [-0.2, 0) is 25.8 Å². The average molecular weight is 734 g/mol. The molecular weight excluding hydrogens is 679 g/mol. The fraction of sp³-hybridized carbons (Fsp3) is 0.386. The number of anilines is 2. The first-order valence-corrected chi connectivity index (χ1v) is 18.9. The quantitative estimate of drug-likeness (QED) is 0.111. The van der Waals surface area contributed by atoms with Crippen LogP contribution in [0.5, 0.6) is 28.7 Å². The minimum Gasteiger partial charge on any atom is -0.493 e. The van der Waals surface area contributed by atoms with E-state index < -0.39 is 0 Å². The van der Waals surface area contributed by atoms with Crippen LogP contribution in [0.15, 0.2) is 84.8 Å². The number of methoxy groups -OCH3 is 5. The van der Waals surface area contributed by atoms with E-state index in [0.717, 1.165) is 91.4 Å². The maximum atomic E-state index is 5.91. The van der Waals surface area contributed by atoms with Crippen molar-refractivity contribution < 1.29 is 23.7 Å². The molecule has 286 valence electrons. The number of aromatic nitrogens is 1. The number of nitrogens with one attached hydrogen (secondary N) is 1. The van der Waals surface area contributed by atoms with Crippen LogP contribution >= 0.6 is 0 Å². The van der Waals surface area contributed by atoms with E-state index in [1.165, 1.54) is 35.2 Å². The second kappa shape index (κ2) is 18.1. The Kier molecular flexibility index (Phi) is 12.9. The Labute approximate surface area is 320 Å². The molecule has 4 aromatic rings. The van der Waals surface area contributed by atoms with E-state index in [4.69, 9.17) is 34.4 Å². The number of aryl methyl sites for hydroxylation is 3. The number of fused-ring (bicyclic) bond motifs is 1. The van der Waals surface area contributed by atoms with Crippen LogP contribution in [0.2, 0.25) is 0 Å². The summed E-state index contributed by atoms with van der Waals surface area (Å²) >= 11 is 0. The second-order valence-corrected chi connectivity index (χ2v) is 13.9. The molecule has 0 spiro atoms. The Morgan fingerprint density at radius 3 is 2.22 bits per heavy atom. The summed E-state index contributed by atoms with van der Waals surface area (Å²) in [6.07, 6.45) is 14.0. The van der Waals surface area contributed by atoms with Crippen LogP contribution in [0, 0.1) is 0 Å². The molecule has 1 aliphatic carbocycles. The molecule has 0 radical (unpaired) electrons. The number of ether oxygens (including phenoxy) is 5. The van der Waals surface area contributed by atoms with Crippen LogP contribution < -0.4 is 39.6 Å².